The van der Waals surface area contributed by atoms with E-state index in [4.69, 9.17) is 4.74 Å². The van der Waals surface area contributed by atoms with Crippen LogP contribution in [0.25, 0.3) is 0 Å². The summed E-state index contributed by atoms with van der Waals surface area (Å²) < 4.78 is 5.56. The number of ketones is 1. The molecule has 3 aliphatic carbocycles. The Hall–Kier alpha value is -0.670. The number of ether oxygens (including phenoxy) is 1. The lowest BCUT2D eigenvalue weighted by Crippen LogP contribution is -2.62. The van der Waals surface area contributed by atoms with Gasteiger partial charge in [-0.25, -0.2) is 0 Å². The van der Waals surface area contributed by atoms with Crippen LogP contribution in [0.1, 0.15) is 27.2 Å². The van der Waals surface area contributed by atoms with Gasteiger partial charge in [0.05, 0.1) is 12.0 Å². The van der Waals surface area contributed by atoms with E-state index >= 15 is 0 Å². The highest BCUT2D eigenvalue weighted by molar-refractivity contribution is 5.94. The molecule has 0 amide bonds. The van der Waals surface area contributed by atoms with Gasteiger partial charge in [-0.2, -0.15) is 0 Å². The van der Waals surface area contributed by atoms with Gasteiger partial charge in [-0.05, 0) is 20.3 Å². The van der Waals surface area contributed by atoms with Gasteiger partial charge in [0, 0.05) is 12.0 Å². The molecule has 0 spiro atoms. The van der Waals surface area contributed by atoms with Gasteiger partial charge in [-0.1, -0.05) is 19.1 Å². The van der Waals surface area contributed by atoms with Gasteiger partial charge in [0.2, 0.25) is 0 Å². The predicted octanol–water partition coefficient (Wildman–Crippen LogP) is 1.31. The van der Waals surface area contributed by atoms with E-state index in [-0.39, 0.29) is 17.8 Å². The van der Waals surface area contributed by atoms with Crippen molar-refractivity contribution in [2.45, 2.75) is 38.9 Å². The molecule has 0 aromatic carbocycles. The third-order valence-corrected chi connectivity index (χ3v) is 3.97. The summed E-state index contributed by atoms with van der Waals surface area (Å²) in [5.74, 6) is -0.362. The van der Waals surface area contributed by atoms with E-state index in [1.807, 2.05) is 26.0 Å². The van der Waals surface area contributed by atoms with Crippen molar-refractivity contribution in [1.82, 2.24) is 0 Å². The molecular formula is C12H18O3. The molecule has 3 nitrogen and oxygen atoms in total. The molecule has 15 heavy (non-hydrogen) atoms. The number of hydrogen-bond acceptors (Lipinski definition) is 3. The number of carbonyl (C=O) groups is 1. The first-order valence-corrected chi connectivity index (χ1v) is 5.50. The minimum atomic E-state index is -1.24. The summed E-state index contributed by atoms with van der Waals surface area (Å²) >= 11 is 0. The van der Waals surface area contributed by atoms with Crippen LogP contribution in [0.4, 0.5) is 0 Å². The zero-order valence-electron chi connectivity index (χ0n) is 9.49. The Morgan fingerprint density at radius 3 is 2.80 bits per heavy atom. The number of hydrogen-bond donors (Lipinski definition) is 1. The van der Waals surface area contributed by atoms with Crippen LogP contribution in [0.15, 0.2) is 12.2 Å². The number of fused-ring (bicyclic) bond motifs is 2. The van der Waals surface area contributed by atoms with Gasteiger partial charge in [0.1, 0.15) is 5.60 Å². The molecule has 4 atom stereocenters. The molecule has 1 N–H and O–H groups in total. The molecule has 1 saturated carbocycles. The maximum atomic E-state index is 12.0. The van der Waals surface area contributed by atoms with Crippen LogP contribution in [0, 0.1) is 11.3 Å². The maximum Gasteiger partial charge on any atom is 0.174 e. The van der Waals surface area contributed by atoms with Crippen LogP contribution in [-0.2, 0) is 9.53 Å². The SMILES string of the molecule is CCO[C@H]1C[C@@]2(C)C=C[C@@H]1C(=O)[C@@]2(C)O. The first-order chi connectivity index (χ1) is 6.92. The molecule has 0 aromatic rings. The first-order valence-electron chi connectivity index (χ1n) is 5.50. The molecule has 0 radical (unpaired) electrons. The molecule has 0 heterocycles. The van der Waals surface area contributed by atoms with Crippen molar-refractivity contribution in [3.8, 4) is 0 Å². The third-order valence-electron chi connectivity index (χ3n) is 3.97. The Kier molecular flexibility index (Phi) is 2.28. The second kappa shape index (κ2) is 3.16. The second-order valence-corrected chi connectivity index (χ2v) is 4.94. The Balaban J connectivity index is 2.36. The number of aliphatic hydroxyl groups is 1. The minimum Gasteiger partial charge on any atom is -0.381 e. The molecule has 3 heteroatoms. The van der Waals surface area contributed by atoms with E-state index in [0.717, 1.165) is 6.42 Å². The molecule has 0 saturated heterocycles. The number of rotatable bonds is 2. The Labute approximate surface area is 90.1 Å². The zero-order chi connectivity index (χ0) is 11.3. The summed E-state index contributed by atoms with van der Waals surface area (Å²) in [5, 5.41) is 10.2. The Morgan fingerprint density at radius 1 is 1.60 bits per heavy atom. The van der Waals surface area contributed by atoms with E-state index in [0.29, 0.717) is 6.61 Å². The molecule has 84 valence electrons. The molecule has 2 bridgehead atoms. The summed E-state index contributed by atoms with van der Waals surface area (Å²) in [5.41, 5.74) is -1.71. The van der Waals surface area contributed by atoms with Crippen LogP contribution < -0.4 is 0 Å². The highest BCUT2D eigenvalue weighted by Gasteiger charge is 2.58. The molecule has 3 aliphatic rings. The van der Waals surface area contributed by atoms with Crippen LogP contribution in [-0.4, -0.2) is 29.2 Å². The topological polar surface area (TPSA) is 46.5 Å². The molecule has 0 aliphatic heterocycles. The van der Waals surface area contributed by atoms with E-state index in [9.17, 15) is 9.90 Å². The zero-order valence-corrected chi connectivity index (χ0v) is 9.49. The summed E-state index contributed by atoms with van der Waals surface area (Å²) in [7, 11) is 0. The first kappa shape index (κ1) is 10.8. The van der Waals surface area contributed by atoms with Crippen molar-refractivity contribution in [1.29, 1.82) is 0 Å². The number of carbonyl (C=O) groups excluding carboxylic acids is 1. The standard InChI is InChI=1S/C12H18O3/c1-4-15-9-7-11(2)6-5-8(9)10(13)12(11,3)14/h5-6,8-9,14H,4,7H2,1-3H3/t8-,9-,11+,12+/m0/s1. The van der Waals surface area contributed by atoms with E-state index < -0.39 is 11.0 Å². The van der Waals surface area contributed by atoms with Gasteiger partial charge < -0.3 is 9.84 Å². The van der Waals surface area contributed by atoms with Crippen molar-refractivity contribution in [2.24, 2.45) is 11.3 Å². The summed E-state index contributed by atoms with van der Waals surface area (Å²) in [6, 6.07) is 0. The van der Waals surface area contributed by atoms with Crippen molar-refractivity contribution >= 4 is 5.78 Å². The lowest BCUT2D eigenvalue weighted by Gasteiger charge is -2.52. The largest absolute Gasteiger partial charge is 0.381 e. The maximum absolute atomic E-state index is 12.0. The normalized spacial score (nSPS) is 48.7. The summed E-state index contributed by atoms with van der Waals surface area (Å²) in [6.07, 6.45) is 4.53. The molecule has 0 aromatic heterocycles. The van der Waals surface area contributed by atoms with Crippen molar-refractivity contribution < 1.29 is 14.6 Å². The van der Waals surface area contributed by atoms with Crippen molar-refractivity contribution in [2.75, 3.05) is 6.61 Å². The quantitative estimate of drug-likeness (QED) is 0.699. The minimum absolute atomic E-state index is 0.0577. The van der Waals surface area contributed by atoms with Gasteiger partial charge in [-0.3, -0.25) is 4.79 Å². The third kappa shape index (κ3) is 1.30. The Morgan fingerprint density at radius 2 is 2.27 bits per heavy atom. The van der Waals surface area contributed by atoms with Gasteiger partial charge in [0.25, 0.3) is 0 Å². The lowest BCUT2D eigenvalue weighted by molar-refractivity contribution is -0.171. The summed E-state index contributed by atoms with van der Waals surface area (Å²) in [4.78, 5) is 12.0. The molecule has 0 unspecified atom stereocenters. The van der Waals surface area contributed by atoms with Crippen LogP contribution in [0.3, 0.4) is 0 Å². The Bertz CT molecular complexity index is 319. The fourth-order valence-corrected chi connectivity index (χ4v) is 2.65. The van der Waals surface area contributed by atoms with E-state index in [2.05, 4.69) is 0 Å². The summed E-state index contributed by atoms with van der Waals surface area (Å²) in [6.45, 7) is 6.08. The average molecular weight is 210 g/mol. The second-order valence-electron chi connectivity index (χ2n) is 4.94. The van der Waals surface area contributed by atoms with Gasteiger partial charge >= 0.3 is 0 Å². The highest BCUT2D eigenvalue weighted by atomic mass is 16.5. The lowest BCUT2D eigenvalue weighted by atomic mass is 9.56. The van der Waals surface area contributed by atoms with Crippen LogP contribution >= 0.6 is 0 Å². The van der Waals surface area contributed by atoms with Gasteiger partial charge in [-0.15, -0.1) is 0 Å². The monoisotopic (exact) mass is 210 g/mol. The molecule has 3 rings (SSSR count). The van der Waals surface area contributed by atoms with E-state index in [1.165, 1.54) is 0 Å². The molecule has 1 fully saturated rings. The van der Waals surface area contributed by atoms with Crippen LogP contribution in [0.5, 0.6) is 0 Å². The number of Topliss-reactive ketones (excluding diaryl/α,β-unsaturated/α-hetero) is 1. The fourth-order valence-electron chi connectivity index (χ4n) is 2.65. The van der Waals surface area contributed by atoms with Crippen molar-refractivity contribution in [3.63, 3.8) is 0 Å². The highest BCUT2D eigenvalue weighted by Crippen LogP contribution is 2.50. The molecular weight excluding hydrogens is 192 g/mol. The van der Waals surface area contributed by atoms with Gasteiger partial charge in [0.15, 0.2) is 5.78 Å². The van der Waals surface area contributed by atoms with Crippen molar-refractivity contribution in [3.05, 3.63) is 12.2 Å². The predicted molar refractivity (Wildman–Crippen MR) is 56.4 cm³/mol. The average Bonchev–Trinajstić information content (AvgIpc) is 2.15. The van der Waals surface area contributed by atoms with Crippen LogP contribution in [0.2, 0.25) is 0 Å². The van der Waals surface area contributed by atoms with E-state index in [1.54, 1.807) is 6.92 Å². The fraction of sp³-hybridized carbons (Fsp3) is 0.750. The smallest absolute Gasteiger partial charge is 0.174 e.